The standard InChI is InChI=1S/C12H27NO2/c1-4-14-10-7-9-13-8-5-6-11-15-12(2)3/h12-13H,4-11H2,1-3H3. The van der Waals surface area contributed by atoms with Gasteiger partial charge in [0.25, 0.3) is 0 Å². The molecule has 1 N–H and O–H groups in total. The lowest BCUT2D eigenvalue weighted by Gasteiger charge is -2.07. The van der Waals surface area contributed by atoms with Crippen LogP contribution in [0.5, 0.6) is 0 Å². The summed E-state index contributed by atoms with van der Waals surface area (Å²) in [4.78, 5) is 0. The molecule has 0 aromatic heterocycles. The fraction of sp³-hybridized carbons (Fsp3) is 1.00. The van der Waals surface area contributed by atoms with Crippen LogP contribution in [-0.2, 0) is 9.47 Å². The first-order chi connectivity index (χ1) is 7.27. The van der Waals surface area contributed by atoms with E-state index in [4.69, 9.17) is 9.47 Å². The van der Waals surface area contributed by atoms with E-state index in [-0.39, 0.29) is 0 Å². The van der Waals surface area contributed by atoms with E-state index >= 15 is 0 Å². The molecule has 0 radical (unpaired) electrons. The molecule has 0 aliphatic heterocycles. The largest absolute Gasteiger partial charge is 0.382 e. The van der Waals surface area contributed by atoms with Crippen LogP contribution in [0.3, 0.4) is 0 Å². The molecule has 15 heavy (non-hydrogen) atoms. The molecular weight excluding hydrogens is 190 g/mol. The molecule has 3 nitrogen and oxygen atoms in total. The average Bonchev–Trinajstić information content (AvgIpc) is 2.20. The van der Waals surface area contributed by atoms with Crippen molar-refractivity contribution in [3.63, 3.8) is 0 Å². The first-order valence-electron chi connectivity index (χ1n) is 6.17. The molecule has 3 heteroatoms. The van der Waals surface area contributed by atoms with E-state index in [2.05, 4.69) is 19.2 Å². The molecule has 0 amide bonds. The maximum Gasteiger partial charge on any atom is 0.0518 e. The summed E-state index contributed by atoms with van der Waals surface area (Å²) < 4.78 is 10.7. The molecule has 0 fully saturated rings. The Kier molecular flexibility index (Phi) is 11.9. The summed E-state index contributed by atoms with van der Waals surface area (Å²) >= 11 is 0. The van der Waals surface area contributed by atoms with Gasteiger partial charge in [-0.15, -0.1) is 0 Å². The van der Waals surface area contributed by atoms with Gasteiger partial charge in [0.2, 0.25) is 0 Å². The lowest BCUT2D eigenvalue weighted by atomic mass is 10.3. The van der Waals surface area contributed by atoms with Crippen molar-refractivity contribution in [1.82, 2.24) is 5.32 Å². The van der Waals surface area contributed by atoms with Crippen molar-refractivity contribution in [2.24, 2.45) is 0 Å². The first-order valence-corrected chi connectivity index (χ1v) is 6.17. The van der Waals surface area contributed by atoms with Gasteiger partial charge in [-0.05, 0) is 53.1 Å². The van der Waals surface area contributed by atoms with Crippen LogP contribution in [0.15, 0.2) is 0 Å². The molecular formula is C12H27NO2. The molecule has 0 aliphatic rings. The number of ether oxygens (including phenoxy) is 2. The van der Waals surface area contributed by atoms with Gasteiger partial charge >= 0.3 is 0 Å². The normalized spacial score (nSPS) is 11.2. The van der Waals surface area contributed by atoms with E-state index in [1.807, 2.05) is 6.92 Å². The molecule has 0 aliphatic carbocycles. The lowest BCUT2D eigenvalue weighted by Crippen LogP contribution is -2.18. The summed E-state index contributed by atoms with van der Waals surface area (Å²) in [5, 5.41) is 3.40. The van der Waals surface area contributed by atoms with Crippen molar-refractivity contribution >= 4 is 0 Å². The molecule has 92 valence electrons. The number of nitrogens with one attached hydrogen (secondary N) is 1. The second-order valence-electron chi connectivity index (χ2n) is 3.93. The van der Waals surface area contributed by atoms with Gasteiger partial charge in [-0.25, -0.2) is 0 Å². The highest BCUT2D eigenvalue weighted by molar-refractivity contribution is 4.49. The van der Waals surface area contributed by atoms with Gasteiger partial charge in [-0.1, -0.05) is 0 Å². The zero-order chi connectivity index (χ0) is 11.4. The van der Waals surface area contributed by atoms with E-state index in [0.29, 0.717) is 6.10 Å². The van der Waals surface area contributed by atoms with E-state index in [9.17, 15) is 0 Å². The Morgan fingerprint density at radius 1 is 1.00 bits per heavy atom. The highest BCUT2D eigenvalue weighted by Crippen LogP contribution is 1.93. The molecule has 0 saturated carbocycles. The first kappa shape index (κ1) is 14.9. The van der Waals surface area contributed by atoms with Crippen LogP contribution in [0.2, 0.25) is 0 Å². The van der Waals surface area contributed by atoms with Gasteiger partial charge in [0, 0.05) is 19.8 Å². The Hall–Kier alpha value is -0.120. The molecule has 0 heterocycles. The van der Waals surface area contributed by atoms with Crippen LogP contribution in [0.1, 0.15) is 40.0 Å². The molecule has 0 atom stereocenters. The quantitative estimate of drug-likeness (QED) is 0.538. The number of rotatable bonds is 11. The maximum atomic E-state index is 5.45. The molecule has 0 aromatic carbocycles. The summed E-state index contributed by atoms with van der Waals surface area (Å²) in [6, 6.07) is 0. The minimum absolute atomic E-state index is 0.365. The third kappa shape index (κ3) is 13.9. The van der Waals surface area contributed by atoms with Crippen molar-refractivity contribution in [2.75, 3.05) is 32.9 Å². The Balaban J connectivity index is 2.87. The lowest BCUT2D eigenvalue weighted by molar-refractivity contribution is 0.0760. The molecule has 0 saturated heterocycles. The summed E-state index contributed by atoms with van der Waals surface area (Å²) in [6.07, 6.45) is 3.82. The Labute approximate surface area is 94.5 Å². The fourth-order valence-corrected chi connectivity index (χ4v) is 1.24. The van der Waals surface area contributed by atoms with Crippen molar-refractivity contribution in [2.45, 2.75) is 46.1 Å². The topological polar surface area (TPSA) is 30.5 Å². The minimum atomic E-state index is 0.365. The van der Waals surface area contributed by atoms with Crippen LogP contribution in [0, 0.1) is 0 Å². The van der Waals surface area contributed by atoms with Crippen molar-refractivity contribution in [3.05, 3.63) is 0 Å². The molecule has 0 spiro atoms. The van der Waals surface area contributed by atoms with Crippen LogP contribution >= 0.6 is 0 Å². The van der Waals surface area contributed by atoms with E-state index in [0.717, 1.165) is 45.8 Å². The molecule has 0 unspecified atom stereocenters. The van der Waals surface area contributed by atoms with Crippen LogP contribution in [0.4, 0.5) is 0 Å². The summed E-state index contributed by atoms with van der Waals surface area (Å²) in [7, 11) is 0. The maximum absolute atomic E-state index is 5.45. The highest BCUT2D eigenvalue weighted by atomic mass is 16.5. The summed E-state index contributed by atoms with van der Waals surface area (Å²) in [6.45, 7) is 10.9. The van der Waals surface area contributed by atoms with E-state index in [1.54, 1.807) is 0 Å². The van der Waals surface area contributed by atoms with Gasteiger partial charge in [0.05, 0.1) is 6.10 Å². The predicted molar refractivity (Wildman–Crippen MR) is 64.3 cm³/mol. The third-order valence-electron chi connectivity index (χ3n) is 2.05. The van der Waals surface area contributed by atoms with Gasteiger partial charge in [0.15, 0.2) is 0 Å². The van der Waals surface area contributed by atoms with Crippen molar-refractivity contribution in [1.29, 1.82) is 0 Å². The number of unbranched alkanes of at least 4 members (excludes halogenated alkanes) is 1. The SMILES string of the molecule is CCOCCCNCCCCOC(C)C. The van der Waals surface area contributed by atoms with Crippen molar-refractivity contribution in [3.8, 4) is 0 Å². The van der Waals surface area contributed by atoms with Gasteiger partial charge in [0.1, 0.15) is 0 Å². The monoisotopic (exact) mass is 217 g/mol. The zero-order valence-corrected chi connectivity index (χ0v) is 10.6. The van der Waals surface area contributed by atoms with E-state index in [1.165, 1.54) is 6.42 Å². The van der Waals surface area contributed by atoms with Gasteiger partial charge in [-0.3, -0.25) is 0 Å². The predicted octanol–water partition coefficient (Wildman–Crippen LogP) is 2.21. The zero-order valence-electron chi connectivity index (χ0n) is 10.6. The molecule has 0 bridgehead atoms. The smallest absolute Gasteiger partial charge is 0.0518 e. The Morgan fingerprint density at radius 2 is 1.73 bits per heavy atom. The Bertz CT molecular complexity index is 118. The second-order valence-corrected chi connectivity index (χ2v) is 3.93. The van der Waals surface area contributed by atoms with Crippen molar-refractivity contribution < 1.29 is 9.47 Å². The van der Waals surface area contributed by atoms with Gasteiger partial charge < -0.3 is 14.8 Å². The minimum Gasteiger partial charge on any atom is -0.382 e. The number of hydrogen-bond donors (Lipinski definition) is 1. The van der Waals surface area contributed by atoms with Crippen LogP contribution < -0.4 is 5.32 Å². The van der Waals surface area contributed by atoms with Gasteiger partial charge in [-0.2, -0.15) is 0 Å². The average molecular weight is 217 g/mol. The van der Waals surface area contributed by atoms with Crippen LogP contribution in [-0.4, -0.2) is 39.0 Å². The highest BCUT2D eigenvalue weighted by Gasteiger charge is 1.93. The fourth-order valence-electron chi connectivity index (χ4n) is 1.24. The molecule has 0 rings (SSSR count). The van der Waals surface area contributed by atoms with Crippen LogP contribution in [0.25, 0.3) is 0 Å². The number of hydrogen-bond acceptors (Lipinski definition) is 3. The van der Waals surface area contributed by atoms with E-state index < -0.39 is 0 Å². The summed E-state index contributed by atoms with van der Waals surface area (Å²) in [5.41, 5.74) is 0. The second kappa shape index (κ2) is 12.0. The third-order valence-corrected chi connectivity index (χ3v) is 2.05. The molecule has 0 aromatic rings. The summed E-state index contributed by atoms with van der Waals surface area (Å²) in [5.74, 6) is 0. The Morgan fingerprint density at radius 3 is 2.40 bits per heavy atom.